The number of hydrogen-bond acceptors (Lipinski definition) is 2. The van der Waals surface area contributed by atoms with Crippen LogP contribution in [0.4, 0.5) is 0 Å². The Morgan fingerprint density at radius 1 is 1.10 bits per heavy atom. The normalized spacial score (nSPS) is 12.1. The fraction of sp³-hybridized carbons (Fsp3) is 0.600. The van der Waals surface area contributed by atoms with Crippen molar-refractivity contribution in [2.75, 3.05) is 13.1 Å². The molecule has 0 aliphatic heterocycles. The summed E-state index contributed by atoms with van der Waals surface area (Å²) in [6.45, 7) is 7.08. The van der Waals surface area contributed by atoms with Crippen molar-refractivity contribution in [1.82, 2.24) is 4.31 Å². The first-order chi connectivity index (χ1) is 9.51. The third-order valence-electron chi connectivity index (χ3n) is 3.23. The molecule has 0 aliphatic carbocycles. The van der Waals surface area contributed by atoms with Crippen LogP contribution in [0.15, 0.2) is 23.1 Å². The van der Waals surface area contributed by atoms with Crippen LogP contribution in [-0.2, 0) is 22.3 Å². The summed E-state index contributed by atoms with van der Waals surface area (Å²) in [5.74, 6) is 0.327. The number of aryl methyl sites for hydroxylation is 1. The lowest BCUT2D eigenvalue weighted by atomic mass is 10.1. The SMILES string of the molecule is CCCN(CCC)S(=O)(=O)c1cc(CCl)ccc1CC. The number of nitrogens with zero attached hydrogens (tertiary/aromatic N) is 1. The van der Waals surface area contributed by atoms with E-state index in [-0.39, 0.29) is 0 Å². The Labute approximate surface area is 128 Å². The van der Waals surface area contributed by atoms with Gasteiger partial charge in [-0.3, -0.25) is 0 Å². The molecule has 0 aromatic heterocycles. The van der Waals surface area contributed by atoms with E-state index in [0.29, 0.717) is 30.3 Å². The summed E-state index contributed by atoms with van der Waals surface area (Å²) in [6.07, 6.45) is 2.33. The Hall–Kier alpha value is -0.580. The Morgan fingerprint density at radius 3 is 2.15 bits per heavy atom. The van der Waals surface area contributed by atoms with Crippen molar-refractivity contribution in [3.05, 3.63) is 29.3 Å². The standard InChI is InChI=1S/C15H24ClNO2S/c1-4-9-17(10-5-2)20(18,19)15-11-13(12-16)7-8-14(15)6-3/h7-8,11H,4-6,9-10,12H2,1-3H3. The van der Waals surface area contributed by atoms with Crippen molar-refractivity contribution >= 4 is 21.6 Å². The van der Waals surface area contributed by atoms with E-state index in [1.807, 2.05) is 32.9 Å². The minimum Gasteiger partial charge on any atom is -0.207 e. The highest BCUT2D eigenvalue weighted by Gasteiger charge is 2.25. The average molecular weight is 318 g/mol. The van der Waals surface area contributed by atoms with E-state index in [1.165, 1.54) is 0 Å². The fourth-order valence-corrected chi connectivity index (χ4v) is 4.34. The highest BCUT2D eigenvalue weighted by molar-refractivity contribution is 7.89. The van der Waals surface area contributed by atoms with Gasteiger partial charge in [0.25, 0.3) is 0 Å². The van der Waals surface area contributed by atoms with Crippen LogP contribution in [0.5, 0.6) is 0 Å². The van der Waals surface area contributed by atoms with Gasteiger partial charge in [-0.15, -0.1) is 11.6 Å². The van der Waals surface area contributed by atoms with Crippen LogP contribution in [0.1, 0.15) is 44.7 Å². The molecule has 0 atom stereocenters. The molecule has 5 heteroatoms. The summed E-state index contributed by atoms with van der Waals surface area (Å²) in [4.78, 5) is 0.417. The van der Waals surface area contributed by atoms with E-state index >= 15 is 0 Å². The molecule has 20 heavy (non-hydrogen) atoms. The van der Waals surface area contributed by atoms with Crippen LogP contribution in [0.3, 0.4) is 0 Å². The van der Waals surface area contributed by atoms with E-state index in [4.69, 9.17) is 11.6 Å². The molecule has 0 fully saturated rings. The number of rotatable bonds is 8. The van der Waals surface area contributed by atoms with E-state index in [0.717, 1.165) is 24.0 Å². The lowest BCUT2D eigenvalue weighted by Crippen LogP contribution is -2.33. The van der Waals surface area contributed by atoms with Gasteiger partial charge in [0, 0.05) is 19.0 Å². The van der Waals surface area contributed by atoms with Crippen molar-refractivity contribution in [3.63, 3.8) is 0 Å². The van der Waals surface area contributed by atoms with Gasteiger partial charge in [0.2, 0.25) is 10.0 Å². The molecule has 0 saturated heterocycles. The molecular formula is C15H24ClNO2S. The first-order valence-electron chi connectivity index (χ1n) is 7.19. The molecule has 0 radical (unpaired) electrons. The molecule has 3 nitrogen and oxygen atoms in total. The highest BCUT2D eigenvalue weighted by Crippen LogP contribution is 2.23. The van der Waals surface area contributed by atoms with E-state index < -0.39 is 10.0 Å². The zero-order chi connectivity index (χ0) is 15.2. The van der Waals surface area contributed by atoms with Crippen molar-refractivity contribution in [2.45, 2.75) is 50.8 Å². The maximum Gasteiger partial charge on any atom is 0.243 e. The topological polar surface area (TPSA) is 37.4 Å². The van der Waals surface area contributed by atoms with Crippen LogP contribution < -0.4 is 0 Å². The van der Waals surface area contributed by atoms with Crippen LogP contribution in [0.2, 0.25) is 0 Å². The molecule has 0 bridgehead atoms. The number of alkyl halides is 1. The van der Waals surface area contributed by atoms with Gasteiger partial charge >= 0.3 is 0 Å². The lowest BCUT2D eigenvalue weighted by Gasteiger charge is -2.22. The van der Waals surface area contributed by atoms with Crippen LogP contribution in [-0.4, -0.2) is 25.8 Å². The van der Waals surface area contributed by atoms with Crippen molar-refractivity contribution in [3.8, 4) is 0 Å². The van der Waals surface area contributed by atoms with Gasteiger partial charge in [0.15, 0.2) is 0 Å². The van der Waals surface area contributed by atoms with Gasteiger partial charge in [-0.25, -0.2) is 8.42 Å². The fourth-order valence-electron chi connectivity index (χ4n) is 2.20. The first kappa shape index (κ1) is 17.5. The molecule has 1 rings (SSSR count). The predicted octanol–water partition coefficient (Wildman–Crippen LogP) is 3.80. The molecule has 0 spiro atoms. The molecule has 0 unspecified atom stereocenters. The zero-order valence-electron chi connectivity index (χ0n) is 12.5. The molecule has 0 heterocycles. The van der Waals surface area contributed by atoms with Gasteiger partial charge < -0.3 is 0 Å². The molecule has 0 amide bonds. The Kier molecular flexibility index (Phi) is 7.00. The molecule has 0 saturated carbocycles. The van der Waals surface area contributed by atoms with E-state index in [9.17, 15) is 8.42 Å². The second kappa shape index (κ2) is 8.01. The van der Waals surface area contributed by atoms with Crippen LogP contribution in [0, 0.1) is 0 Å². The van der Waals surface area contributed by atoms with Gasteiger partial charge in [0.05, 0.1) is 4.90 Å². The van der Waals surface area contributed by atoms with Crippen molar-refractivity contribution in [1.29, 1.82) is 0 Å². The van der Waals surface area contributed by atoms with Crippen molar-refractivity contribution < 1.29 is 8.42 Å². The maximum absolute atomic E-state index is 12.8. The monoisotopic (exact) mass is 317 g/mol. The molecule has 114 valence electrons. The summed E-state index contributed by atoms with van der Waals surface area (Å²) >= 11 is 5.84. The van der Waals surface area contributed by atoms with Gasteiger partial charge in [-0.05, 0) is 36.5 Å². The minimum atomic E-state index is -3.43. The largest absolute Gasteiger partial charge is 0.243 e. The number of sulfonamides is 1. The second-order valence-corrected chi connectivity index (χ2v) is 7.01. The highest BCUT2D eigenvalue weighted by atomic mass is 35.5. The van der Waals surface area contributed by atoms with Crippen LogP contribution >= 0.6 is 11.6 Å². The number of benzene rings is 1. The smallest absolute Gasteiger partial charge is 0.207 e. The predicted molar refractivity (Wildman–Crippen MR) is 84.7 cm³/mol. The third kappa shape index (κ3) is 3.96. The summed E-state index contributed by atoms with van der Waals surface area (Å²) in [6, 6.07) is 5.50. The number of halogens is 1. The Balaban J connectivity index is 3.30. The first-order valence-corrected chi connectivity index (χ1v) is 9.16. The number of hydrogen-bond donors (Lipinski definition) is 0. The van der Waals surface area contributed by atoms with Gasteiger partial charge in [-0.2, -0.15) is 4.31 Å². The molecule has 1 aromatic rings. The zero-order valence-corrected chi connectivity index (χ0v) is 14.1. The molecule has 0 N–H and O–H groups in total. The van der Waals surface area contributed by atoms with Crippen molar-refractivity contribution in [2.24, 2.45) is 0 Å². The summed E-state index contributed by atoms with van der Waals surface area (Å²) < 4.78 is 27.3. The quantitative estimate of drug-likeness (QED) is 0.684. The van der Waals surface area contributed by atoms with Gasteiger partial charge in [-0.1, -0.05) is 32.9 Å². The van der Waals surface area contributed by atoms with Crippen LogP contribution in [0.25, 0.3) is 0 Å². The Morgan fingerprint density at radius 2 is 1.70 bits per heavy atom. The molecule has 0 aliphatic rings. The minimum absolute atomic E-state index is 0.327. The Bertz CT molecular complexity index is 523. The van der Waals surface area contributed by atoms with Gasteiger partial charge in [0.1, 0.15) is 0 Å². The molecular weight excluding hydrogens is 294 g/mol. The van der Waals surface area contributed by atoms with E-state index in [1.54, 1.807) is 10.4 Å². The summed E-state index contributed by atoms with van der Waals surface area (Å²) in [5, 5.41) is 0. The maximum atomic E-state index is 12.8. The lowest BCUT2D eigenvalue weighted by molar-refractivity contribution is 0.409. The third-order valence-corrected chi connectivity index (χ3v) is 5.52. The second-order valence-electron chi connectivity index (χ2n) is 4.83. The molecule has 1 aromatic carbocycles. The summed E-state index contributed by atoms with van der Waals surface area (Å²) in [5.41, 5.74) is 1.70. The summed E-state index contributed by atoms with van der Waals surface area (Å²) in [7, 11) is -3.43. The average Bonchev–Trinajstić information content (AvgIpc) is 2.46. The van der Waals surface area contributed by atoms with E-state index in [2.05, 4.69) is 0 Å².